The minimum Gasteiger partial charge on any atom is -0.480 e. The Hall–Kier alpha value is -2.86. The molecule has 2 atom stereocenters. The Morgan fingerprint density at radius 3 is 2.16 bits per heavy atom. The zero-order valence-corrected chi connectivity index (χ0v) is 13.6. The van der Waals surface area contributed by atoms with Crippen LogP contribution in [0.2, 0.25) is 0 Å². The second-order valence-corrected chi connectivity index (χ2v) is 5.78. The summed E-state index contributed by atoms with van der Waals surface area (Å²) in [5.41, 5.74) is 1.67. The average Bonchev–Trinajstić information content (AvgIpc) is 3.46. The van der Waals surface area contributed by atoms with Crippen LogP contribution in [0.4, 0.5) is 4.79 Å². The van der Waals surface area contributed by atoms with E-state index in [1.807, 2.05) is 60.7 Å². The Morgan fingerprint density at radius 1 is 1.08 bits per heavy atom. The van der Waals surface area contributed by atoms with E-state index in [1.165, 1.54) is 4.90 Å². The average molecular weight is 341 g/mol. The van der Waals surface area contributed by atoms with E-state index in [-0.39, 0.29) is 13.0 Å². The highest BCUT2D eigenvalue weighted by Crippen LogP contribution is 2.23. The lowest BCUT2D eigenvalue weighted by atomic mass is 10.0. The molecule has 6 heteroatoms. The molecule has 130 valence electrons. The number of rotatable bonds is 7. The van der Waals surface area contributed by atoms with E-state index >= 15 is 0 Å². The van der Waals surface area contributed by atoms with Gasteiger partial charge in [0.1, 0.15) is 12.6 Å². The molecule has 1 saturated heterocycles. The molecule has 0 saturated carbocycles. The molecule has 0 bridgehead atoms. The molecule has 3 rings (SSSR count). The van der Waals surface area contributed by atoms with Gasteiger partial charge in [-0.05, 0) is 11.1 Å². The predicted molar refractivity (Wildman–Crippen MR) is 89.8 cm³/mol. The van der Waals surface area contributed by atoms with E-state index < -0.39 is 24.3 Å². The van der Waals surface area contributed by atoms with E-state index in [0.717, 1.165) is 11.1 Å². The van der Waals surface area contributed by atoms with E-state index in [4.69, 9.17) is 9.47 Å². The van der Waals surface area contributed by atoms with Gasteiger partial charge in [-0.3, -0.25) is 4.90 Å². The molecule has 1 amide bonds. The fraction of sp³-hybridized carbons (Fsp3) is 0.263. The fourth-order valence-electron chi connectivity index (χ4n) is 2.58. The molecule has 1 aliphatic heterocycles. The minimum atomic E-state index is -1.09. The van der Waals surface area contributed by atoms with Crippen molar-refractivity contribution in [3.8, 4) is 0 Å². The van der Waals surface area contributed by atoms with Gasteiger partial charge in [0.05, 0.1) is 6.61 Å². The molecule has 6 nitrogen and oxygen atoms in total. The Labute approximate surface area is 145 Å². The Balaban J connectivity index is 1.71. The van der Waals surface area contributed by atoms with E-state index in [2.05, 4.69) is 0 Å². The lowest BCUT2D eigenvalue weighted by molar-refractivity contribution is -0.143. The standard InChI is InChI=1S/C19H19NO5/c21-18(22)16(11-14-7-3-1-4-8-14)20(17-13-24-17)19(23)25-12-15-9-5-2-6-10-15/h1-10,16-17H,11-13H2,(H,21,22). The summed E-state index contributed by atoms with van der Waals surface area (Å²) >= 11 is 0. The van der Waals surface area contributed by atoms with Crippen LogP contribution in [0.25, 0.3) is 0 Å². The summed E-state index contributed by atoms with van der Waals surface area (Å²) in [5, 5.41) is 9.61. The van der Waals surface area contributed by atoms with Gasteiger partial charge in [-0.2, -0.15) is 0 Å². The fourth-order valence-corrected chi connectivity index (χ4v) is 2.58. The maximum absolute atomic E-state index is 12.5. The van der Waals surface area contributed by atoms with Crippen molar-refractivity contribution in [3.63, 3.8) is 0 Å². The SMILES string of the molecule is O=C(O)C(Cc1ccccc1)N(C(=O)OCc1ccccc1)C1CO1. The zero-order valence-electron chi connectivity index (χ0n) is 13.6. The molecule has 0 aliphatic carbocycles. The molecule has 0 radical (unpaired) electrons. The number of ether oxygens (including phenoxy) is 2. The topological polar surface area (TPSA) is 79.4 Å². The number of carbonyl (C=O) groups is 2. The van der Waals surface area contributed by atoms with Crippen LogP contribution in [0.5, 0.6) is 0 Å². The second-order valence-electron chi connectivity index (χ2n) is 5.78. The second kappa shape index (κ2) is 7.81. The summed E-state index contributed by atoms with van der Waals surface area (Å²) in [7, 11) is 0. The van der Waals surface area contributed by atoms with Crippen molar-refractivity contribution in [3.05, 3.63) is 71.8 Å². The molecule has 1 heterocycles. The van der Waals surface area contributed by atoms with Crippen molar-refractivity contribution in [1.82, 2.24) is 4.90 Å². The third kappa shape index (κ3) is 4.58. The van der Waals surface area contributed by atoms with Gasteiger partial charge in [0, 0.05) is 6.42 Å². The molecule has 0 aromatic heterocycles. The van der Waals surface area contributed by atoms with Crippen molar-refractivity contribution in [1.29, 1.82) is 0 Å². The highest BCUT2D eigenvalue weighted by atomic mass is 16.6. The van der Waals surface area contributed by atoms with Gasteiger partial charge in [0.2, 0.25) is 0 Å². The Kier molecular flexibility index (Phi) is 5.30. The van der Waals surface area contributed by atoms with Crippen LogP contribution in [-0.4, -0.2) is 40.9 Å². The highest BCUT2D eigenvalue weighted by molar-refractivity contribution is 5.80. The normalized spacial score (nSPS) is 16.7. The number of carbonyl (C=O) groups excluding carboxylic acids is 1. The molecular weight excluding hydrogens is 322 g/mol. The van der Waals surface area contributed by atoms with Crippen molar-refractivity contribution in [2.75, 3.05) is 6.61 Å². The highest BCUT2D eigenvalue weighted by Gasteiger charge is 2.43. The molecular formula is C19H19NO5. The van der Waals surface area contributed by atoms with Crippen LogP contribution in [0.1, 0.15) is 11.1 Å². The number of benzene rings is 2. The quantitative estimate of drug-likeness (QED) is 0.783. The molecule has 1 fully saturated rings. The molecule has 2 unspecified atom stereocenters. The number of hydrogen-bond donors (Lipinski definition) is 1. The summed E-state index contributed by atoms with van der Waals surface area (Å²) in [4.78, 5) is 25.4. The van der Waals surface area contributed by atoms with E-state index in [0.29, 0.717) is 6.61 Å². The Bertz CT molecular complexity index is 715. The summed E-state index contributed by atoms with van der Waals surface area (Å²) in [5.74, 6) is -1.09. The summed E-state index contributed by atoms with van der Waals surface area (Å²) in [6.45, 7) is 0.402. The first-order valence-corrected chi connectivity index (χ1v) is 8.02. The first-order chi connectivity index (χ1) is 12.1. The third-order valence-corrected chi connectivity index (χ3v) is 3.93. The molecule has 1 aliphatic rings. The van der Waals surface area contributed by atoms with Gasteiger partial charge in [-0.1, -0.05) is 60.7 Å². The van der Waals surface area contributed by atoms with Crippen LogP contribution >= 0.6 is 0 Å². The zero-order chi connectivity index (χ0) is 17.6. The lowest BCUT2D eigenvalue weighted by Crippen LogP contribution is -2.48. The maximum atomic E-state index is 12.5. The third-order valence-electron chi connectivity index (χ3n) is 3.93. The van der Waals surface area contributed by atoms with Crippen LogP contribution in [0, 0.1) is 0 Å². The maximum Gasteiger partial charge on any atom is 0.413 e. The minimum absolute atomic E-state index is 0.0839. The number of hydrogen-bond acceptors (Lipinski definition) is 4. The Morgan fingerprint density at radius 2 is 1.64 bits per heavy atom. The smallest absolute Gasteiger partial charge is 0.413 e. The summed E-state index contributed by atoms with van der Waals surface area (Å²) in [6.07, 6.45) is -1.04. The largest absolute Gasteiger partial charge is 0.480 e. The lowest BCUT2D eigenvalue weighted by Gasteiger charge is -2.26. The molecule has 2 aromatic rings. The number of aliphatic carboxylic acids is 1. The molecule has 25 heavy (non-hydrogen) atoms. The van der Waals surface area contributed by atoms with Gasteiger partial charge >= 0.3 is 12.1 Å². The number of epoxide rings is 1. The van der Waals surface area contributed by atoms with Crippen LogP contribution in [0.3, 0.4) is 0 Å². The van der Waals surface area contributed by atoms with Gasteiger partial charge in [-0.15, -0.1) is 0 Å². The van der Waals surface area contributed by atoms with Crippen molar-refractivity contribution in [2.45, 2.75) is 25.3 Å². The van der Waals surface area contributed by atoms with Crippen molar-refractivity contribution < 1.29 is 24.2 Å². The van der Waals surface area contributed by atoms with E-state index in [9.17, 15) is 14.7 Å². The molecule has 1 N–H and O–H groups in total. The van der Waals surface area contributed by atoms with Crippen LogP contribution in [0.15, 0.2) is 60.7 Å². The summed E-state index contributed by atoms with van der Waals surface area (Å²) in [6, 6.07) is 17.4. The number of carboxylic acid groups (broad SMARTS) is 1. The summed E-state index contributed by atoms with van der Waals surface area (Å²) < 4.78 is 10.5. The monoisotopic (exact) mass is 341 g/mol. The van der Waals surface area contributed by atoms with Crippen molar-refractivity contribution in [2.24, 2.45) is 0 Å². The van der Waals surface area contributed by atoms with E-state index in [1.54, 1.807) is 0 Å². The van der Waals surface area contributed by atoms with Gasteiger partial charge in [-0.25, -0.2) is 9.59 Å². The molecule has 2 aromatic carbocycles. The predicted octanol–water partition coefficient (Wildman–Crippen LogP) is 2.68. The van der Waals surface area contributed by atoms with Crippen LogP contribution in [-0.2, 0) is 27.3 Å². The van der Waals surface area contributed by atoms with Gasteiger partial charge in [0.25, 0.3) is 0 Å². The van der Waals surface area contributed by atoms with Gasteiger partial charge < -0.3 is 14.6 Å². The first kappa shape index (κ1) is 17.0. The number of nitrogens with zero attached hydrogens (tertiary/aromatic N) is 1. The number of carboxylic acids is 1. The molecule has 0 spiro atoms. The number of amides is 1. The first-order valence-electron chi connectivity index (χ1n) is 8.02. The van der Waals surface area contributed by atoms with Crippen molar-refractivity contribution >= 4 is 12.1 Å². The van der Waals surface area contributed by atoms with Crippen LogP contribution < -0.4 is 0 Å². The van der Waals surface area contributed by atoms with Gasteiger partial charge in [0.15, 0.2) is 6.23 Å².